The highest BCUT2D eigenvalue weighted by molar-refractivity contribution is 6.30. The van der Waals surface area contributed by atoms with E-state index in [0.717, 1.165) is 17.7 Å². The van der Waals surface area contributed by atoms with Gasteiger partial charge in [0.15, 0.2) is 0 Å². The highest BCUT2D eigenvalue weighted by Crippen LogP contribution is 2.20. The van der Waals surface area contributed by atoms with Crippen LogP contribution in [-0.4, -0.2) is 12.5 Å². The number of hydrogen-bond acceptors (Lipinski definition) is 2. The summed E-state index contributed by atoms with van der Waals surface area (Å²) in [6, 6.07) is 8.51. The molecule has 0 aromatic heterocycles. The molecule has 0 unspecified atom stereocenters. The van der Waals surface area contributed by atoms with Gasteiger partial charge in [0.05, 0.1) is 6.54 Å². The van der Waals surface area contributed by atoms with Gasteiger partial charge in [-0.25, -0.2) is 8.78 Å². The Morgan fingerprint density at radius 3 is 2.48 bits per heavy atom. The third kappa shape index (κ3) is 3.92. The molecule has 0 atom stereocenters. The Morgan fingerprint density at radius 2 is 1.86 bits per heavy atom. The number of anilines is 2. The number of rotatable bonds is 4. The van der Waals surface area contributed by atoms with Crippen LogP contribution in [0.2, 0.25) is 5.02 Å². The molecule has 0 spiro atoms. The molecular formula is C15H13ClF2N2O. The van der Waals surface area contributed by atoms with Crippen molar-refractivity contribution in [2.75, 3.05) is 17.2 Å². The standard InChI is InChI=1S/C15H13ClF2N2O/c1-9-7-10(16)5-6-13(9)20-14(21)8-19-15-11(17)3-2-4-12(15)18/h2-7,19H,8H2,1H3,(H,20,21). The molecule has 21 heavy (non-hydrogen) atoms. The zero-order valence-corrected chi connectivity index (χ0v) is 12.0. The van der Waals surface area contributed by atoms with Crippen LogP contribution in [0.3, 0.4) is 0 Å². The molecular weight excluding hydrogens is 298 g/mol. The molecule has 0 bridgehead atoms. The van der Waals surface area contributed by atoms with E-state index >= 15 is 0 Å². The van der Waals surface area contributed by atoms with Gasteiger partial charge in [-0.2, -0.15) is 0 Å². The van der Waals surface area contributed by atoms with E-state index < -0.39 is 17.5 Å². The van der Waals surface area contributed by atoms with Crippen molar-refractivity contribution in [2.24, 2.45) is 0 Å². The fourth-order valence-corrected chi connectivity index (χ4v) is 2.02. The molecule has 6 heteroatoms. The lowest BCUT2D eigenvalue weighted by atomic mass is 10.2. The molecule has 2 aromatic rings. The molecule has 0 radical (unpaired) electrons. The van der Waals surface area contributed by atoms with Crippen molar-refractivity contribution >= 4 is 28.9 Å². The summed E-state index contributed by atoms with van der Waals surface area (Å²) in [5, 5.41) is 5.65. The minimum absolute atomic E-state index is 0.250. The Hall–Kier alpha value is -2.14. The van der Waals surface area contributed by atoms with Gasteiger partial charge in [-0.05, 0) is 42.8 Å². The highest BCUT2D eigenvalue weighted by Gasteiger charge is 2.10. The van der Waals surface area contributed by atoms with Gasteiger partial charge in [0.25, 0.3) is 0 Å². The summed E-state index contributed by atoms with van der Waals surface area (Å²) >= 11 is 5.82. The Balaban J connectivity index is 1.99. The molecule has 1 amide bonds. The minimum Gasteiger partial charge on any atom is -0.371 e. The number of para-hydroxylation sites is 1. The molecule has 0 saturated heterocycles. The molecule has 110 valence electrons. The van der Waals surface area contributed by atoms with Crippen molar-refractivity contribution in [1.82, 2.24) is 0 Å². The van der Waals surface area contributed by atoms with Crippen LogP contribution in [-0.2, 0) is 4.79 Å². The Kier molecular flexibility index (Phi) is 4.75. The number of hydrogen-bond donors (Lipinski definition) is 2. The maximum absolute atomic E-state index is 13.4. The van der Waals surface area contributed by atoms with E-state index in [9.17, 15) is 13.6 Å². The van der Waals surface area contributed by atoms with Gasteiger partial charge in [-0.15, -0.1) is 0 Å². The zero-order chi connectivity index (χ0) is 15.4. The van der Waals surface area contributed by atoms with Gasteiger partial charge < -0.3 is 10.6 Å². The Labute approximate surface area is 125 Å². The fourth-order valence-electron chi connectivity index (χ4n) is 1.80. The van der Waals surface area contributed by atoms with E-state index in [2.05, 4.69) is 10.6 Å². The second kappa shape index (κ2) is 6.54. The Bertz CT molecular complexity index is 656. The van der Waals surface area contributed by atoms with Gasteiger partial charge in [-0.3, -0.25) is 4.79 Å². The van der Waals surface area contributed by atoms with E-state index in [1.165, 1.54) is 6.07 Å². The summed E-state index contributed by atoms with van der Waals surface area (Å²) in [5.41, 5.74) is 1.08. The molecule has 0 aliphatic rings. The monoisotopic (exact) mass is 310 g/mol. The topological polar surface area (TPSA) is 41.1 Å². The number of carbonyl (C=O) groups is 1. The van der Waals surface area contributed by atoms with Gasteiger partial charge in [0.1, 0.15) is 17.3 Å². The minimum atomic E-state index is -0.745. The predicted octanol–water partition coefficient (Wildman–Crippen LogP) is 3.98. The number of amides is 1. The second-order valence-electron chi connectivity index (χ2n) is 4.46. The lowest BCUT2D eigenvalue weighted by molar-refractivity contribution is -0.114. The van der Waals surface area contributed by atoms with Crippen LogP contribution in [0.4, 0.5) is 20.2 Å². The summed E-state index contributed by atoms with van der Waals surface area (Å²) in [6.45, 7) is 1.55. The van der Waals surface area contributed by atoms with Crippen molar-refractivity contribution in [2.45, 2.75) is 6.92 Å². The van der Waals surface area contributed by atoms with Gasteiger partial charge >= 0.3 is 0 Å². The molecule has 3 nitrogen and oxygen atoms in total. The third-order valence-corrected chi connectivity index (χ3v) is 3.09. The van der Waals surface area contributed by atoms with Crippen LogP contribution in [0, 0.1) is 18.6 Å². The summed E-state index contributed by atoms with van der Waals surface area (Å²) in [5.74, 6) is -1.90. The normalized spacial score (nSPS) is 10.3. The van der Waals surface area contributed by atoms with Gasteiger partial charge in [0.2, 0.25) is 5.91 Å². The van der Waals surface area contributed by atoms with Crippen LogP contribution < -0.4 is 10.6 Å². The van der Waals surface area contributed by atoms with Crippen molar-refractivity contribution in [1.29, 1.82) is 0 Å². The van der Waals surface area contributed by atoms with E-state index in [4.69, 9.17) is 11.6 Å². The smallest absolute Gasteiger partial charge is 0.243 e. The number of aryl methyl sites for hydroxylation is 1. The molecule has 0 aliphatic heterocycles. The molecule has 0 heterocycles. The first-order chi connectivity index (χ1) is 9.97. The summed E-state index contributed by atoms with van der Waals surface area (Å²) in [6.07, 6.45) is 0. The van der Waals surface area contributed by atoms with Crippen molar-refractivity contribution in [3.05, 3.63) is 58.6 Å². The molecule has 2 N–H and O–H groups in total. The van der Waals surface area contributed by atoms with Crippen LogP contribution in [0.5, 0.6) is 0 Å². The molecule has 2 rings (SSSR count). The van der Waals surface area contributed by atoms with Crippen LogP contribution >= 0.6 is 11.6 Å². The lowest BCUT2D eigenvalue weighted by Gasteiger charge is -2.11. The summed E-state index contributed by atoms with van der Waals surface area (Å²) < 4.78 is 26.8. The van der Waals surface area contributed by atoms with Crippen LogP contribution in [0.1, 0.15) is 5.56 Å². The molecule has 2 aromatic carbocycles. The highest BCUT2D eigenvalue weighted by atomic mass is 35.5. The summed E-state index contributed by atoms with van der Waals surface area (Å²) in [7, 11) is 0. The third-order valence-electron chi connectivity index (χ3n) is 2.85. The summed E-state index contributed by atoms with van der Waals surface area (Å²) in [4.78, 5) is 11.8. The number of nitrogens with one attached hydrogen (secondary N) is 2. The van der Waals surface area contributed by atoms with Crippen molar-refractivity contribution in [3.8, 4) is 0 Å². The van der Waals surface area contributed by atoms with E-state index in [1.54, 1.807) is 25.1 Å². The van der Waals surface area contributed by atoms with Crippen LogP contribution in [0.15, 0.2) is 36.4 Å². The zero-order valence-electron chi connectivity index (χ0n) is 11.2. The first kappa shape index (κ1) is 15.3. The van der Waals surface area contributed by atoms with Gasteiger partial charge in [0, 0.05) is 10.7 Å². The average Bonchev–Trinajstić information content (AvgIpc) is 2.41. The van der Waals surface area contributed by atoms with E-state index in [1.807, 2.05) is 0 Å². The Morgan fingerprint density at radius 1 is 1.19 bits per heavy atom. The molecule has 0 fully saturated rings. The number of benzene rings is 2. The first-order valence-corrected chi connectivity index (χ1v) is 6.59. The average molecular weight is 311 g/mol. The SMILES string of the molecule is Cc1cc(Cl)ccc1NC(=O)CNc1c(F)cccc1F. The van der Waals surface area contributed by atoms with E-state index in [-0.39, 0.29) is 12.2 Å². The van der Waals surface area contributed by atoms with Crippen molar-refractivity contribution in [3.63, 3.8) is 0 Å². The predicted molar refractivity (Wildman–Crippen MR) is 79.7 cm³/mol. The second-order valence-corrected chi connectivity index (χ2v) is 4.89. The number of carbonyl (C=O) groups excluding carboxylic acids is 1. The maximum atomic E-state index is 13.4. The fraction of sp³-hybridized carbons (Fsp3) is 0.133. The number of halogens is 3. The van der Waals surface area contributed by atoms with Crippen LogP contribution in [0.25, 0.3) is 0 Å². The maximum Gasteiger partial charge on any atom is 0.243 e. The van der Waals surface area contributed by atoms with Gasteiger partial charge in [-0.1, -0.05) is 17.7 Å². The van der Waals surface area contributed by atoms with E-state index in [0.29, 0.717) is 10.7 Å². The molecule has 0 aliphatic carbocycles. The van der Waals surface area contributed by atoms with Crippen molar-refractivity contribution < 1.29 is 13.6 Å². The largest absolute Gasteiger partial charge is 0.371 e. The lowest BCUT2D eigenvalue weighted by Crippen LogP contribution is -2.23. The quantitative estimate of drug-likeness (QED) is 0.897. The first-order valence-electron chi connectivity index (χ1n) is 6.21. The molecule has 0 saturated carbocycles.